The molecule has 1 aliphatic rings. The number of ether oxygens (including phenoxy) is 3. The monoisotopic (exact) mass is 608 g/mol. The van der Waals surface area contributed by atoms with Crippen LogP contribution in [0.3, 0.4) is 0 Å². The maximum atomic E-state index is 13.5. The average molecular weight is 609 g/mol. The summed E-state index contributed by atoms with van der Waals surface area (Å²) >= 11 is 0. The highest BCUT2D eigenvalue weighted by Crippen LogP contribution is 2.32. The molecule has 0 N–H and O–H groups in total. The van der Waals surface area contributed by atoms with Gasteiger partial charge in [0, 0.05) is 18.4 Å². The van der Waals surface area contributed by atoms with E-state index in [4.69, 9.17) is 18.7 Å². The zero-order valence-electron chi connectivity index (χ0n) is 23.9. The first-order chi connectivity index (χ1) is 21.2. The van der Waals surface area contributed by atoms with Crippen LogP contribution in [0.15, 0.2) is 95.7 Å². The van der Waals surface area contributed by atoms with Gasteiger partial charge in [0.25, 0.3) is 0 Å². The van der Waals surface area contributed by atoms with Crippen LogP contribution in [0.1, 0.15) is 48.1 Å². The Bertz CT molecular complexity index is 1510. The Hall–Kier alpha value is -4.80. The normalized spacial score (nSPS) is 16.3. The zero-order chi connectivity index (χ0) is 31.1. The van der Waals surface area contributed by atoms with Gasteiger partial charge in [0.05, 0.1) is 17.3 Å². The van der Waals surface area contributed by atoms with E-state index in [9.17, 15) is 22.8 Å². The van der Waals surface area contributed by atoms with E-state index in [0.717, 1.165) is 23.3 Å². The highest BCUT2D eigenvalue weighted by atomic mass is 19.4. The molecule has 5 rings (SSSR count). The second-order valence-corrected chi connectivity index (χ2v) is 10.4. The van der Waals surface area contributed by atoms with Crippen molar-refractivity contribution in [1.29, 1.82) is 0 Å². The van der Waals surface area contributed by atoms with Crippen molar-refractivity contribution in [2.75, 3.05) is 13.2 Å². The van der Waals surface area contributed by atoms with Gasteiger partial charge in [0.1, 0.15) is 37.1 Å². The highest BCUT2D eigenvalue weighted by Gasteiger charge is 2.39. The molecule has 1 saturated heterocycles. The molecule has 1 unspecified atom stereocenters. The van der Waals surface area contributed by atoms with Crippen molar-refractivity contribution in [1.82, 2.24) is 10.1 Å². The summed E-state index contributed by atoms with van der Waals surface area (Å²) in [5.74, 6) is -0.0169. The molecular weight excluding hydrogens is 577 g/mol. The van der Waals surface area contributed by atoms with E-state index in [1.54, 1.807) is 18.2 Å². The van der Waals surface area contributed by atoms with Gasteiger partial charge in [0.15, 0.2) is 0 Å². The van der Waals surface area contributed by atoms with Crippen molar-refractivity contribution in [2.24, 2.45) is 0 Å². The molecule has 230 valence electrons. The standard InChI is InChI=1S/C33H31F3N2O6/c1-2-26(44-28-14-10-24(11-15-28)33(34,35)36)21-41-27-12-8-23(9-13-27)29(30-16-17-43-37-30)19-31(39)38-25(20-42-32(38)40)18-22-6-4-3-5-7-22/h3-17,25-26,29H,2,18-21H2,1H3/t25-,26?,29-/m0/s1. The number of hydrogen-bond donors (Lipinski definition) is 0. The number of cyclic esters (lactones) is 1. The number of imide groups is 1. The molecule has 11 heteroatoms. The molecule has 2 heterocycles. The largest absolute Gasteiger partial charge is 0.490 e. The van der Waals surface area contributed by atoms with Crippen LogP contribution in [0.4, 0.5) is 18.0 Å². The van der Waals surface area contributed by atoms with E-state index in [0.29, 0.717) is 30.0 Å². The van der Waals surface area contributed by atoms with Crippen LogP contribution in [0.25, 0.3) is 0 Å². The SMILES string of the molecule is CCC(COc1ccc([C@H](CC(=O)N2C(=O)OC[C@@H]2Cc2ccccc2)c2ccon2)cc1)Oc1ccc(C(F)(F)F)cc1. The predicted molar refractivity (Wildman–Crippen MR) is 153 cm³/mol. The van der Waals surface area contributed by atoms with E-state index >= 15 is 0 Å². The fourth-order valence-electron chi connectivity index (χ4n) is 5.01. The summed E-state index contributed by atoms with van der Waals surface area (Å²) in [5, 5.41) is 4.06. The number of carbonyl (C=O) groups excluding carboxylic acids is 2. The van der Waals surface area contributed by atoms with Crippen molar-refractivity contribution < 1.29 is 41.5 Å². The number of rotatable bonds is 12. The lowest BCUT2D eigenvalue weighted by molar-refractivity contribution is -0.137. The summed E-state index contributed by atoms with van der Waals surface area (Å²) in [6.07, 6.45) is -3.03. The Morgan fingerprint density at radius 2 is 1.70 bits per heavy atom. The fourth-order valence-corrected chi connectivity index (χ4v) is 5.01. The molecule has 8 nitrogen and oxygen atoms in total. The molecule has 3 aromatic carbocycles. The third-order valence-electron chi connectivity index (χ3n) is 7.40. The highest BCUT2D eigenvalue weighted by molar-refractivity contribution is 5.94. The van der Waals surface area contributed by atoms with Crippen LogP contribution in [-0.2, 0) is 22.1 Å². The molecule has 1 aliphatic heterocycles. The third-order valence-corrected chi connectivity index (χ3v) is 7.40. The van der Waals surface area contributed by atoms with E-state index in [1.165, 1.54) is 23.3 Å². The lowest BCUT2D eigenvalue weighted by atomic mass is 9.91. The first kappa shape index (κ1) is 30.7. The van der Waals surface area contributed by atoms with E-state index in [2.05, 4.69) is 5.16 Å². The molecule has 0 aliphatic carbocycles. The van der Waals surface area contributed by atoms with E-state index in [-0.39, 0.29) is 25.5 Å². The van der Waals surface area contributed by atoms with Gasteiger partial charge in [0.2, 0.25) is 5.91 Å². The van der Waals surface area contributed by atoms with Crippen LogP contribution in [0.2, 0.25) is 0 Å². The molecule has 0 bridgehead atoms. The molecule has 0 radical (unpaired) electrons. The summed E-state index contributed by atoms with van der Waals surface area (Å²) < 4.78 is 60.6. The third kappa shape index (κ3) is 7.58. The summed E-state index contributed by atoms with van der Waals surface area (Å²) in [5.41, 5.74) is 1.55. The predicted octanol–water partition coefficient (Wildman–Crippen LogP) is 7.04. The van der Waals surface area contributed by atoms with Crippen molar-refractivity contribution in [3.63, 3.8) is 0 Å². The quantitative estimate of drug-likeness (QED) is 0.170. The molecule has 0 spiro atoms. The first-order valence-corrected chi connectivity index (χ1v) is 14.2. The van der Waals surface area contributed by atoms with Gasteiger partial charge in [-0.2, -0.15) is 13.2 Å². The Balaban J connectivity index is 1.23. The van der Waals surface area contributed by atoms with Gasteiger partial charge in [-0.25, -0.2) is 9.69 Å². The molecular formula is C33H31F3N2O6. The minimum absolute atomic E-state index is 0.0357. The molecule has 1 fully saturated rings. The average Bonchev–Trinajstić information content (AvgIpc) is 3.69. The Morgan fingerprint density at radius 1 is 1.00 bits per heavy atom. The van der Waals surface area contributed by atoms with Gasteiger partial charge in [-0.3, -0.25) is 4.79 Å². The minimum Gasteiger partial charge on any atom is -0.490 e. The number of benzene rings is 3. The van der Waals surface area contributed by atoms with Gasteiger partial charge < -0.3 is 18.7 Å². The van der Waals surface area contributed by atoms with Crippen LogP contribution < -0.4 is 9.47 Å². The maximum absolute atomic E-state index is 13.5. The number of carbonyl (C=O) groups is 2. The van der Waals surface area contributed by atoms with Crippen molar-refractivity contribution >= 4 is 12.0 Å². The molecule has 2 amide bonds. The summed E-state index contributed by atoms with van der Waals surface area (Å²) in [7, 11) is 0. The van der Waals surface area contributed by atoms with Crippen LogP contribution >= 0.6 is 0 Å². The van der Waals surface area contributed by atoms with Crippen molar-refractivity contribution in [2.45, 2.75) is 50.4 Å². The second-order valence-electron chi connectivity index (χ2n) is 10.4. The second kappa shape index (κ2) is 13.7. The number of hydrogen-bond acceptors (Lipinski definition) is 7. The summed E-state index contributed by atoms with van der Waals surface area (Å²) in [6, 6.07) is 22.5. The maximum Gasteiger partial charge on any atom is 0.416 e. The number of amides is 2. The van der Waals surface area contributed by atoms with Gasteiger partial charge in [-0.15, -0.1) is 0 Å². The molecule has 3 atom stereocenters. The summed E-state index contributed by atoms with van der Waals surface area (Å²) in [4.78, 5) is 27.3. The minimum atomic E-state index is -4.41. The Labute approximate surface area is 252 Å². The zero-order valence-corrected chi connectivity index (χ0v) is 23.9. The Morgan fingerprint density at radius 3 is 2.34 bits per heavy atom. The molecule has 4 aromatic rings. The van der Waals surface area contributed by atoms with E-state index < -0.39 is 35.9 Å². The lowest BCUT2D eigenvalue weighted by Crippen LogP contribution is -2.40. The molecule has 1 aromatic heterocycles. The number of halogens is 3. The fraction of sp³-hybridized carbons (Fsp3) is 0.303. The van der Waals surface area contributed by atoms with Crippen molar-refractivity contribution in [3.8, 4) is 11.5 Å². The van der Waals surface area contributed by atoms with Crippen molar-refractivity contribution in [3.05, 3.63) is 114 Å². The van der Waals surface area contributed by atoms with E-state index in [1.807, 2.05) is 49.4 Å². The number of aromatic nitrogens is 1. The van der Waals surface area contributed by atoms with Crippen LogP contribution in [0, 0.1) is 0 Å². The van der Waals surface area contributed by atoms with Gasteiger partial charge >= 0.3 is 12.3 Å². The smallest absolute Gasteiger partial charge is 0.416 e. The lowest BCUT2D eigenvalue weighted by Gasteiger charge is -2.22. The molecule has 0 saturated carbocycles. The molecule has 44 heavy (non-hydrogen) atoms. The Kier molecular flexibility index (Phi) is 9.52. The van der Waals surface area contributed by atoms with Crippen LogP contribution in [-0.4, -0.2) is 47.4 Å². The van der Waals surface area contributed by atoms with Gasteiger partial charge in [-0.05, 0) is 60.4 Å². The van der Waals surface area contributed by atoms with Gasteiger partial charge in [-0.1, -0.05) is 54.5 Å². The number of alkyl halides is 3. The summed E-state index contributed by atoms with van der Waals surface area (Å²) in [6.45, 7) is 2.19. The topological polar surface area (TPSA) is 91.1 Å². The van der Waals surface area contributed by atoms with Crippen LogP contribution in [0.5, 0.6) is 11.5 Å². The number of nitrogens with zero attached hydrogens (tertiary/aromatic N) is 2. The first-order valence-electron chi connectivity index (χ1n) is 14.2.